The van der Waals surface area contributed by atoms with E-state index in [9.17, 15) is 9.59 Å². The number of carbonyl (C=O) groups is 1. The molecule has 0 radical (unpaired) electrons. The van der Waals surface area contributed by atoms with Crippen molar-refractivity contribution in [1.29, 1.82) is 0 Å². The fourth-order valence-corrected chi connectivity index (χ4v) is 3.06. The van der Waals surface area contributed by atoms with E-state index in [1.54, 1.807) is 4.90 Å². The highest BCUT2D eigenvalue weighted by atomic mass is 16.2. The van der Waals surface area contributed by atoms with Gasteiger partial charge in [0.05, 0.1) is 17.8 Å². The smallest absolute Gasteiger partial charge is 0.320 e. The minimum atomic E-state index is -0.214. The molecule has 3 aromatic rings. The normalized spacial score (nSPS) is 13.2. The number of carbonyl (C=O) groups excluding carboxylic acids is 1. The molecule has 1 aliphatic heterocycles. The van der Waals surface area contributed by atoms with Crippen molar-refractivity contribution in [3.63, 3.8) is 0 Å². The number of urea groups is 1. The Morgan fingerprint density at radius 3 is 2.46 bits per heavy atom. The predicted octanol–water partition coefficient (Wildman–Crippen LogP) is 3.03. The molecule has 6 heteroatoms. The first kappa shape index (κ1) is 16.1. The monoisotopic (exact) mass is 346 g/mol. The lowest BCUT2D eigenvalue weighted by Gasteiger charge is -2.28. The molecule has 2 aromatic carbocycles. The number of nitrogens with one attached hydrogen (secondary N) is 2. The Morgan fingerprint density at radius 1 is 1.04 bits per heavy atom. The number of rotatable bonds is 2. The number of H-pyrrole nitrogens is 1. The number of hydrogen-bond donors (Lipinski definition) is 2. The number of amides is 2. The number of nitrogens with zero attached hydrogens (tertiary/aromatic N) is 2. The van der Waals surface area contributed by atoms with Crippen LogP contribution in [0.5, 0.6) is 0 Å². The molecule has 2 amide bonds. The van der Waals surface area contributed by atoms with Gasteiger partial charge in [0.25, 0.3) is 5.56 Å². The lowest BCUT2D eigenvalue weighted by atomic mass is 10.1. The van der Waals surface area contributed by atoms with Crippen LogP contribution in [0.1, 0.15) is 11.3 Å². The molecule has 0 spiro atoms. The molecule has 4 rings (SSSR count). The fraction of sp³-hybridized carbons (Fsp3) is 0.150. The molecule has 0 aliphatic carbocycles. The Morgan fingerprint density at radius 2 is 1.73 bits per heavy atom. The SMILES string of the molecule is O=C(Nc1ccccc1)N1CCc2nc(-c3ccccc3)[nH]c(=O)c2C1. The topological polar surface area (TPSA) is 78.1 Å². The van der Waals surface area contributed by atoms with Gasteiger partial charge in [-0.05, 0) is 12.1 Å². The summed E-state index contributed by atoms with van der Waals surface area (Å²) in [7, 11) is 0. The summed E-state index contributed by atoms with van der Waals surface area (Å²) >= 11 is 0. The van der Waals surface area contributed by atoms with E-state index >= 15 is 0 Å². The molecule has 130 valence electrons. The van der Waals surface area contributed by atoms with Crippen LogP contribution in [0.4, 0.5) is 10.5 Å². The van der Waals surface area contributed by atoms with Gasteiger partial charge >= 0.3 is 6.03 Å². The number of aromatic nitrogens is 2. The quantitative estimate of drug-likeness (QED) is 0.749. The van der Waals surface area contributed by atoms with E-state index < -0.39 is 0 Å². The molecule has 2 heterocycles. The molecule has 0 saturated carbocycles. The maximum Gasteiger partial charge on any atom is 0.322 e. The van der Waals surface area contributed by atoms with Crippen LogP contribution in [-0.2, 0) is 13.0 Å². The molecule has 2 N–H and O–H groups in total. The Bertz CT molecular complexity index is 984. The van der Waals surface area contributed by atoms with Gasteiger partial charge in [-0.3, -0.25) is 4.79 Å². The zero-order valence-electron chi connectivity index (χ0n) is 14.1. The summed E-state index contributed by atoms with van der Waals surface area (Å²) in [6.45, 7) is 0.780. The number of aromatic amines is 1. The average Bonchev–Trinajstić information content (AvgIpc) is 2.69. The first-order valence-corrected chi connectivity index (χ1v) is 8.49. The van der Waals surface area contributed by atoms with Gasteiger partial charge in [-0.15, -0.1) is 0 Å². The standard InChI is InChI=1S/C20H18N4O2/c25-19-16-13-24(20(26)21-15-9-5-2-6-10-15)12-11-17(16)22-18(23-19)14-7-3-1-4-8-14/h1-10H,11-13H2,(H,21,26)(H,22,23,25). The lowest BCUT2D eigenvalue weighted by Crippen LogP contribution is -2.41. The average molecular weight is 346 g/mol. The summed E-state index contributed by atoms with van der Waals surface area (Å²) < 4.78 is 0. The van der Waals surface area contributed by atoms with Crippen LogP contribution in [0.25, 0.3) is 11.4 Å². The molecular formula is C20H18N4O2. The van der Waals surface area contributed by atoms with E-state index in [4.69, 9.17) is 0 Å². The summed E-state index contributed by atoms with van der Waals surface area (Å²) in [5, 5.41) is 2.85. The van der Waals surface area contributed by atoms with Crippen LogP contribution >= 0.6 is 0 Å². The van der Waals surface area contributed by atoms with Gasteiger partial charge in [0.15, 0.2) is 0 Å². The summed E-state index contributed by atoms with van der Waals surface area (Å²) in [5.41, 5.74) is 2.73. The van der Waals surface area contributed by atoms with Crippen molar-refractivity contribution < 1.29 is 4.79 Å². The molecular weight excluding hydrogens is 328 g/mol. The maximum atomic E-state index is 12.5. The molecule has 6 nitrogen and oxygen atoms in total. The summed E-state index contributed by atoms with van der Waals surface area (Å²) in [4.78, 5) is 34.1. The van der Waals surface area contributed by atoms with Crippen molar-refractivity contribution in [1.82, 2.24) is 14.9 Å². The summed E-state index contributed by atoms with van der Waals surface area (Å²) in [6, 6.07) is 18.6. The molecule has 0 fully saturated rings. The number of para-hydroxylation sites is 1. The first-order valence-electron chi connectivity index (χ1n) is 8.49. The Labute approximate surface area is 150 Å². The molecule has 0 unspecified atom stereocenters. The van der Waals surface area contributed by atoms with Gasteiger partial charge in [-0.1, -0.05) is 48.5 Å². The third kappa shape index (κ3) is 3.21. The van der Waals surface area contributed by atoms with Crippen molar-refractivity contribution >= 4 is 11.7 Å². The van der Waals surface area contributed by atoms with Crippen LogP contribution in [0, 0.1) is 0 Å². The van der Waals surface area contributed by atoms with Crippen molar-refractivity contribution in [2.45, 2.75) is 13.0 Å². The molecule has 0 bridgehead atoms. The maximum absolute atomic E-state index is 12.5. The van der Waals surface area contributed by atoms with Crippen LogP contribution in [0.3, 0.4) is 0 Å². The fourth-order valence-electron chi connectivity index (χ4n) is 3.06. The number of benzene rings is 2. The van der Waals surface area contributed by atoms with Crippen LogP contribution in [0.2, 0.25) is 0 Å². The van der Waals surface area contributed by atoms with Gasteiger partial charge < -0.3 is 15.2 Å². The number of anilines is 1. The van der Waals surface area contributed by atoms with Gasteiger partial charge in [-0.2, -0.15) is 0 Å². The highest BCUT2D eigenvalue weighted by molar-refractivity contribution is 5.89. The van der Waals surface area contributed by atoms with Crippen LogP contribution < -0.4 is 10.9 Å². The van der Waals surface area contributed by atoms with Crippen molar-refractivity contribution in [3.05, 3.63) is 82.3 Å². The number of hydrogen-bond acceptors (Lipinski definition) is 3. The Kier molecular flexibility index (Phi) is 4.23. The van der Waals surface area contributed by atoms with Gasteiger partial charge in [0.1, 0.15) is 5.82 Å². The Hall–Kier alpha value is -3.41. The zero-order chi connectivity index (χ0) is 17.9. The third-order valence-corrected chi connectivity index (χ3v) is 4.43. The lowest BCUT2D eigenvalue weighted by molar-refractivity contribution is 0.205. The molecule has 1 aromatic heterocycles. The summed E-state index contributed by atoms with van der Waals surface area (Å²) in [5.74, 6) is 0.566. The largest absolute Gasteiger partial charge is 0.322 e. The molecule has 26 heavy (non-hydrogen) atoms. The summed E-state index contributed by atoms with van der Waals surface area (Å²) in [6.07, 6.45) is 0.557. The van der Waals surface area contributed by atoms with Crippen molar-refractivity contribution in [3.8, 4) is 11.4 Å². The van der Waals surface area contributed by atoms with E-state index in [0.29, 0.717) is 24.4 Å². The first-order chi connectivity index (χ1) is 12.7. The van der Waals surface area contributed by atoms with Crippen molar-refractivity contribution in [2.24, 2.45) is 0 Å². The zero-order valence-corrected chi connectivity index (χ0v) is 14.1. The van der Waals surface area contributed by atoms with E-state index in [-0.39, 0.29) is 18.1 Å². The second-order valence-electron chi connectivity index (χ2n) is 6.17. The third-order valence-electron chi connectivity index (χ3n) is 4.43. The highest BCUT2D eigenvalue weighted by Crippen LogP contribution is 2.19. The van der Waals surface area contributed by atoms with Crippen LogP contribution in [0.15, 0.2) is 65.5 Å². The van der Waals surface area contributed by atoms with E-state index in [2.05, 4.69) is 15.3 Å². The van der Waals surface area contributed by atoms with E-state index in [0.717, 1.165) is 16.9 Å². The van der Waals surface area contributed by atoms with Gasteiger partial charge in [-0.25, -0.2) is 9.78 Å². The second-order valence-corrected chi connectivity index (χ2v) is 6.17. The highest BCUT2D eigenvalue weighted by Gasteiger charge is 2.24. The second kappa shape index (κ2) is 6.84. The molecule has 1 aliphatic rings. The van der Waals surface area contributed by atoms with Crippen LogP contribution in [-0.4, -0.2) is 27.4 Å². The van der Waals surface area contributed by atoms with Gasteiger partial charge in [0.2, 0.25) is 0 Å². The molecule has 0 atom stereocenters. The number of fused-ring (bicyclic) bond motifs is 1. The minimum Gasteiger partial charge on any atom is -0.320 e. The Balaban J connectivity index is 1.56. The minimum absolute atomic E-state index is 0.189. The predicted molar refractivity (Wildman–Crippen MR) is 99.9 cm³/mol. The van der Waals surface area contributed by atoms with E-state index in [1.165, 1.54) is 0 Å². The van der Waals surface area contributed by atoms with Crippen molar-refractivity contribution in [2.75, 3.05) is 11.9 Å². The van der Waals surface area contributed by atoms with E-state index in [1.807, 2.05) is 60.7 Å². The molecule has 0 saturated heterocycles. The van der Waals surface area contributed by atoms with Gasteiger partial charge in [0, 0.05) is 24.2 Å².